The highest BCUT2D eigenvalue weighted by molar-refractivity contribution is 5.78. The van der Waals surface area contributed by atoms with E-state index in [4.69, 9.17) is 4.74 Å². The molecule has 2 fully saturated rings. The minimum atomic E-state index is -4.96. The van der Waals surface area contributed by atoms with Crippen molar-refractivity contribution >= 4 is 5.91 Å². The van der Waals surface area contributed by atoms with Crippen LogP contribution in [0.15, 0.2) is 42.5 Å². The number of hydrogen-bond acceptors (Lipinski definition) is 3. The number of carbonyl (C=O) groups is 1. The zero-order valence-corrected chi connectivity index (χ0v) is 20.9. The van der Waals surface area contributed by atoms with Crippen molar-refractivity contribution in [2.45, 2.75) is 75.2 Å². The van der Waals surface area contributed by atoms with Gasteiger partial charge in [-0.3, -0.25) is 9.69 Å². The third-order valence-electron chi connectivity index (χ3n) is 7.18. The van der Waals surface area contributed by atoms with Crippen LogP contribution in [0.3, 0.4) is 0 Å². The Labute approximate surface area is 216 Å². The number of ether oxygens (including phenoxy) is 1. The summed E-state index contributed by atoms with van der Waals surface area (Å²) in [5.41, 5.74) is -2.34. The summed E-state index contributed by atoms with van der Waals surface area (Å²) in [6.07, 6.45) is -8.69. The lowest BCUT2D eigenvalue weighted by atomic mass is 9.91. The summed E-state index contributed by atoms with van der Waals surface area (Å²) in [4.78, 5) is 14.3. The van der Waals surface area contributed by atoms with Crippen molar-refractivity contribution < 1.29 is 40.3 Å². The van der Waals surface area contributed by atoms with Crippen LogP contribution in [0.2, 0.25) is 0 Å². The number of nitrogens with one attached hydrogen (secondary N) is 1. The summed E-state index contributed by atoms with van der Waals surface area (Å²) < 4.78 is 100. The van der Waals surface area contributed by atoms with E-state index in [1.165, 1.54) is 19.1 Å². The van der Waals surface area contributed by atoms with Crippen molar-refractivity contribution in [3.8, 4) is 0 Å². The Morgan fingerprint density at radius 2 is 1.55 bits per heavy atom. The fourth-order valence-corrected chi connectivity index (χ4v) is 5.11. The number of halogens is 7. The predicted octanol–water partition coefficient (Wildman–Crippen LogP) is 6.47. The Kier molecular flexibility index (Phi) is 8.09. The van der Waals surface area contributed by atoms with Gasteiger partial charge in [0, 0.05) is 18.0 Å². The normalized spacial score (nSPS) is 23.1. The fourth-order valence-electron chi connectivity index (χ4n) is 5.11. The smallest absolute Gasteiger partial charge is 0.370 e. The van der Waals surface area contributed by atoms with Crippen molar-refractivity contribution in [2.75, 3.05) is 13.6 Å². The molecule has 4 atom stereocenters. The molecule has 38 heavy (non-hydrogen) atoms. The summed E-state index contributed by atoms with van der Waals surface area (Å²) in [6.45, 7) is 1.53. The van der Waals surface area contributed by atoms with Crippen LogP contribution < -0.4 is 5.32 Å². The van der Waals surface area contributed by atoms with Crippen LogP contribution >= 0.6 is 0 Å². The van der Waals surface area contributed by atoms with Crippen LogP contribution in [0, 0.1) is 5.82 Å². The number of nitrogens with zero attached hydrogens (tertiary/aromatic N) is 1. The van der Waals surface area contributed by atoms with Crippen LogP contribution in [-0.4, -0.2) is 42.6 Å². The number of rotatable bonds is 8. The average Bonchev–Trinajstić information content (AvgIpc) is 3.54. The molecule has 4 nitrogen and oxygen atoms in total. The van der Waals surface area contributed by atoms with Crippen molar-refractivity contribution in [2.24, 2.45) is 0 Å². The van der Waals surface area contributed by atoms with Crippen molar-refractivity contribution in [1.29, 1.82) is 0 Å². The molecule has 0 bridgehead atoms. The Hall–Kier alpha value is -2.66. The first-order valence-electron chi connectivity index (χ1n) is 12.4. The van der Waals surface area contributed by atoms with E-state index in [9.17, 15) is 35.5 Å². The monoisotopic (exact) mass is 546 g/mol. The van der Waals surface area contributed by atoms with Gasteiger partial charge >= 0.3 is 12.4 Å². The Morgan fingerprint density at radius 3 is 2.08 bits per heavy atom. The molecule has 2 aliphatic carbocycles. The molecule has 3 unspecified atom stereocenters. The van der Waals surface area contributed by atoms with Gasteiger partial charge in [0.2, 0.25) is 5.91 Å². The molecule has 0 heterocycles. The van der Waals surface area contributed by atoms with Gasteiger partial charge in [-0.15, -0.1) is 0 Å². The molecule has 1 N–H and O–H groups in total. The summed E-state index contributed by atoms with van der Waals surface area (Å²) in [6, 6.07) is 7.16. The second-order valence-electron chi connectivity index (χ2n) is 10.1. The number of alkyl halides is 6. The molecule has 11 heteroatoms. The lowest BCUT2D eigenvalue weighted by Gasteiger charge is -2.33. The molecule has 208 valence electrons. The lowest BCUT2D eigenvalue weighted by molar-refractivity contribution is -0.143. The highest BCUT2D eigenvalue weighted by Crippen LogP contribution is 2.43. The van der Waals surface area contributed by atoms with Crippen LogP contribution in [0.4, 0.5) is 30.7 Å². The molecule has 0 radical (unpaired) electrons. The molecular formula is C27H29F7N2O2. The van der Waals surface area contributed by atoms with Crippen molar-refractivity contribution in [3.05, 3.63) is 70.5 Å². The van der Waals surface area contributed by atoms with E-state index < -0.39 is 41.5 Å². The number of hydrogen-bond donors (Lipinski definition) is 1. The van der Waals surface area contributed by atoms with Gasteiger partial charge in [-0.1, -0.05) is 12.1 Å². The van der Waals surface area contributed by atoms with Crippen LogP contribution in [0.1, 0.15) is 66.9 Å². The van der Waals surface area contributed by atoms with Crippen LogP contribution in [0.25, 0.3) is 0 Å². The number of carbonyl (C=O) groups excluding carboxylic acids is 1. The van der Waals surface area contributed by atoms with E-state index in [0.29, 0.717) is 30.5 Å². The molecular weight excluding hydrogens is 517 g/mol. The molecule has 2 aliphatic rings. The molecule has 0 saturated heterocycles. The number of likely N-dealkylation sites (N-methyl/N-ethyl adjacent to an activating group) is 1. The first-order chi connectivity index (χ1) is 17.7. The molecule has 4 rings (SSSR count). The summed E-state index contributed by atoms with van der Waals surface area (Å²) in [5.74, 6) is -0.964. The predicted molar refractivity (Wildman–Crippen MR) is 126 cm³/mol. The maximum atomic E-state index is 13.6. The Balaban J connectivity index is 1.59. The Bertz CT molecular complexity index is 1100. The molecule has 1 amide bonds. The highest BCUT2D eigenvalue weighted by Gasteiger charge is 2.42. The quantitative estimate of drug-likeness (QED) is 0.386. The summed E-state index contributed by atoms with van der Waals surface area (Å²) in [5, 5.41) is 2.92. The van der Waals surface area contributed by atoms with Gasteiger partial charge in [0.05, 0.1) is 29.9 Å². The van der Waals surface area contributed by atoms with Gasteiger partial charge < -0.3 is 10.1 Å². The highest BCUT2D eigenvalue weighted by atomic mass is 19.4. The second kappa shape index (κ2) is 10.8. The first kappa shape index (κ1) is 28.4. The fraction of sp³-hybridized carbons (Fsp3) is 0.519. The van der Waals surface area contributed by atoms with E-state index in [1.54, 1.807) is 19.2 Å². The zero-order valence-electron chi connectivity index (χ0n) is 20.9. The van der Waals surface area contributed by atoms with Gasteiger partial charge in [0.25, 0.3) is 0 Å². The number of benzene rings is 2. The van der Waals surface area contributed by atoms with E-state index in [2.05, 4.69) is 5.32 Å². The zero-order chi connectivity index (χ0) is 27.8. The molecule has 2 aromatic carbocycles. The topological polar surface area (TPSA) is 41.6 Å². The third-order valence-corrected chi connectivity index (χ3v) is 7.18. The van der Waals surface area contributed by atoms with Gasteiger partial charge in [0.15, 0.2) is 0 Å². The maximum Gasteiger partial charge on any atom is 0.416 e. The van der Waals surface area contributed by atoms with Crippen LogP contribution in [-0.2, 0) is 21.9 Å². The summed E-state index contributed by atoms with van der Waals surface area (Å²) >= 11 is 0. The number of amides is 1. The standard InChI is InChI=1S/C27H29F7N2O2/c1-15(17-11-18(26(29,30)31)13-19(12-17)27(32,33)34)38-23-10-9-22(25(23)16-3-5-20(28)6-4-16)36(2)14-24(37)35-21-7-8-21/h3-6,11-13,15,21-23,25H,7-10,14H2,1-2H3,(H,35,37)/t15-,22?,23?,25?/m1/s1. The van der Waals surface area contributed by atoms with E-state index in [1.807, 2.05) is 4.90 Å². The first-order valence-corrected chi connectivity index (χ1v) is 12.4. The molecule has 0 spiro atoms. The van der Waals surface area contributed by atoms with Gasteiger partial charge in [-0.05, 0) is 81.1 Å². The lowest BCUT2D eigenvalue weighted by Crippen LogP contribution is -2.43. The average molecular weight is 547 g/mol. The summed E-state index contributed by atoms with van der Waals surface area (Å²) in [7, 11) is 1.78. The third kappa shape index (κ3) is 6.85. The largest absolute Gasteiger partial charge is 0.416 e. The van der Waals surface area contributed by atoms with Gasteiger partial charge in [-0.25, -0.2) is 4.39 Å². The SMILES string of the molecule is C[C@@H](OC1CCC(N(C)CC(=O)NC2CC2)C1c1ccc(F)cc1)c1cc(C(F)(F)F)cc(C(F)(F)F)c1. The van der Waals surface area contributed by atoms with Crippen LogP contribution in [0.5, 0.6) is 0 Å². The second-order valence-corrected chi connectivity index (χ2v) is 10.1. The van der Waals surface area contributed by atoms with Gasteiger partial charge in [-0.2, -0.15) is 26.3 Å². The molecule has 0 aromatic heterocycles. The van der Waals surface area contributed by atoms with E-state index in [-0.39, 0.29) is 42.1 Å². The maximum absolute atomic E-state index is 13.6. The molecule has 0 aliphatic heterocycles. The van der Waals surface area contributed by atoms with E-state index in [0.717, 1.165) is 12.8 Å². The minimum Gasteiger partial charge on any atom is -0.370 e. The minimum absolute atomic E-state index is 0.0881. The Morgan fingerprint density at radius 1 is 0.974 bits per heavy atom. The molecule has 2 saturated carbocycles. The molecule has 2 aromatic rings. The van der Waals surface area contributed by atoms with Crippen molar-refractivity contribution in [1.82, 2.24) is 10.2 Å². The van der Waals surface area contributed by atoms with E-state index >= 15 is 0 Å². The van der Waals surface area contributed by atoms with Crippen molar-refractivity contribution in [3.63, 3.8) is 0 Å². The van der Waals surface area contributed by atoms with Gasteiger partial charge in [0.1, 0.15) is 5.82 Å².